The minimum atomic E-state index is -0.572. The molecule has 2 fully saturated rings. The third kappa shape index (κ3) is 0.825. The monoisotopic (exact) mass is 140 g/mol. The number of aliphatic carboxylic acids is 1. The zero-order valence-corrected chi connectivity index (χ0v) is 5.92. The topological polar surface area (TPSA) is 37.3 Å². The molecule has 2 saturated carbocycles. The van der Waals surface area contributed by atoms with E-state index < -0.39 is 5.97 Å². The number of hydrogen-bond donors (Lipinski definition) is 1. The van der Waals surface area contributed by atoms with Gasteiger partial charge in [0.1, 0.15) is 0 Å². The predicted molar refractivity (Wildman–Crippen MR) is 36.6 cm³/mol. The maximum Gasteiger partial charge on any atom is 0.306 e. The summed E-state index contributed by atoms with van der Waals surface area (Å²) in [6, 6.07) is 0. The van der Waals surface area contributed by atoms with E-state index in [1.165, 1.54) is 19.3 Å². The molecule has 0 spiro atoms. The van der Waals surface area contributed by atoms with Crippen LogP contribution in [-0.4, -0.2) is 11.1 Å². The van der Waals surface area contributed by atoms with E-state index in [0.29, 0.717) is 5.92 Å². The van der Waals surface area contributed by atoms with Gasteiger partial charge < -0.3 is 5.11 Å². The number of hydrogen-bond acceptors (Lipinski definition) is 1. The lowest BCUT2D eigenvalue weighted by Gasteiger charge is -2.25. The molecule has 0 radical (unpaired) electrons. The molecule has 0 amide bonds. The molecule has 2 atom stereocenters. The average molecular weight is 140 g/mol. The Morgan fingerprint density at radius 2 is 2.10 bits per heavy atom. The second kappa shape index (κ2) is 1.97. The molecular formula is C8H12O2. The van der Waals surface area contributed by atoms with Crippen molar-refractivity contribution < 1.29 is 9.90 Å². The highest BCUT2D eigenvalue weighted by atomic mass is 16.4. The number of carboxylic acid groups (broad SMARTS) is 1. The minimum Gasteiger partial charge on any atom is -0.481 e. The van der Waals surface area contributed by atoms with Gasteiger partial charge in [-0.05, 0) is 18.3 Å². The highest BCUT2D eigenvalue weighted by Gasteiger charge is 2.48. The van der Waals surface area contributed by atoms with Gasteiger partial charge in [0, 0.05) is 0 Å². The van der Waals surface area contributed by atoms with Gasteiger partial charge in [-0.1, -0.05) is 19.3 Å². The van der Waals surface area contributed by atoms with E-state index in [-0.39, 0.29) is 5.92 Å². The van der Waals surface area contributed by atoms with E-state index in [4.69, 9.17) is 5.11 Å². The molecular weight excluding hydrogens is 128 g/mol. The van der Waals surface area contributed by atoms with E-state index in [9.17, 15) is 4.79 Å². The molecule has 0 saturated heterocycles. The summed E-state index contributed by atoms with van der Waals surface area (Å²) in [7, 11) is 0. The summed E-state index contributed by atoms with van der Waals surface area (Å²) in [6.45, 7) is 0. The van der Waals surface area contributed by atoms with Crippen LogP contribution in [0, 0.1) is 17.8 Å². The van der Waals surface area contributed by atoms with Gasteiger partial charge in [0.25, 0.3) is 0 Å². The summed E-state index contributed by atoms with van der Waals surface area (Å²) in [6.07, 6.45) is 4.86. The van der Waals surface area contributed by atoms with Gasteiger partial charge in [0.2, 0.25) is 0 Å². The first-order chi connectivity index (χ1) is 4.79. The fourth-order valence-corrected chi connectivity index (χ4v) is 1.89. The van der Waals surface area contributed by atoms with Crippen molar-refractivity contribution in [3.05, 3.63) is 0 Å². The zero-order valence-electron chi connectivity index (χ0n) is 5.92. The molecule has 2 aliphatic rings. The molecule has 0 heterocycles. The van der Waals surface area contributed by atoms with Crippen LogP contribution in [0.5, 0.6) is 0 Å². The molecule has 0 aromatic heterocycles. The fourth-order valence-electron chi connectivity index (χ4n) is 1.89. The molecule has 2 nitrogen and oxygen atoms in total. The Balaban J connectivity index is 1.83. The predicted octanol–water partition coefficient (Wildman–Crippen LogP) is 1.51. The van der Waals surface area contributed by atoms with Crippen LogP contribution in [-0.2, 0) is 4.79 Å². The number of carboxylic acids is 1. The average Bonchev–Trinajstić information content (AvgIpc) is 2.40. The quantitative estimate of drug-likeness (QED) is 0.631. The normalized spacial score (nSPS) is 38.8. The Morgan fingerprint density at radius 3 is 2.40 bits per heavy atom. The zero-order chi connectivity index (χ0) is 7.14. The molecule has 0 unspecified atom stereocenters. The van der Waals surface area contributed by atoms with Gasteiger partial charge in [-0.15, -0.1) is 0 Å². The smallest absolute Gasteiger partial charge is 0.306 e. The Hall–Kier alpha value is -0.530. The Morgan fingerprint density at radius 1 is 1.40 bits per heavy atom. The van der Waals surface area contributed by atoms with Crippen LogP contribution in [0.25, 0.3) is 0 Å². The highest BCUT2D eigenvalue weighted by Crippen LogP contribution is 2.51. The summed E-state index contributed by atoms with van der Waals surface area (Å²) in [5, 5.41) is 8.59. The summed E-state index contributed by atoms with van der Waals surface area (Å²) in [4.78, 5) is 10.4. The lowest BCUT2D eigenvalue weighted by Crippen LogP contribution is -2.15. The van der Waals surface area contributed by atoms with Crippen molar-refractivity contribution in [3.8, 4) is 0 Å². The van der Waals surface area contributed by atoms with Gasteiger partial charge in [-0.25, -0.2) is 0 Å². The van der Waals surface area contributed by atoms with Crippen molar-refractivity contribution in [2.24, 2.45) is 17.8 Å². The first kappa shape index (κ1) is 6.20. The van der Waals surface area contributed by atoms with E-state index >= 15 is 0 Å². The van der Waals surface area contributed by atoms with E-state index in [0.717, 1.165) is 12.3 Å². The van der Waals surface area contributed by atoms with Crippen molar-refractivity contribution in [1.29, 1.82) is 0 Å². The molecule has 2 rings (SSSR count). The van der Waals surface area contributed by atoms with Gasteiger partial charge >= 0.3 is 5.97 Å². The molecule has 0 aromatic carbocycles. The minimum absolute atomic E-state index is 0.0327. The van der Waals surface area contributed by atoms with Crippen LogP contribution in [0.15, 0.2) is 0 Å². The van der Waals surface area contributed by atoms with Gasteiger partial charge in [0.15, 0.2) is 0 Å². The van der Waals surface area contributed by atoms with Crippen LogP contribution in [0.2, 0.25) is 0 Å². The van der Waals surface area contributed by atoms with Crippen LogP contribution >= 0.6 is 0 Å². The third-order valence-electron chi connectivity index (χ3n) is 2.91. The number of rotatable bonds is 2. The van der Waals surface area contributed by atoms with E-state index in [1.54, 1.807) is 0 Å². The molecule has 10 heavy (non-hydrogen) atoms. The van der Waals surface area contributed by atoms with Crippen molar-refractivity contribution in [2.45, 2.75) is 25.7 Å². The van der Waals surface area contributed by atoms with E-state index in [1.807, 2.05) is 0 Å². The molecule has 0 aliphatic heterocycles. The Kier molecular flexibility index (Phi) is 1.22. The molecule has 0 bridgehead atoms. The highest BCUT2D eigenvalue weighted by molar-refractivity contribution is 5.73. The standard InChI is InChI=1S/C8H12O2/c9-8(10)7-4-6(7)5-2-1-3-5/h5-7H,1-4H2,(H,9,10)/t6-,7+/m0/s1. The summed E-state index contributed by atoms with van der Waals surface area (Å²) in [5.74, 6) is 0.801. The largest absolute Gasteiger partial charge is 0.481 e. The first-order valence-electron chi connectivity index (χ1n) is 4.02. The number of carbonyl (C=O) groups is 1. The summed E-state index contributed by atoms with van der Waals surface area (Å²) >= 11 is 0. The molecule has 1 N–H and O–H groups in total. The van der Waals surface area contributed by atoms with Gasteiger partial charge in [0.05, 0.1) is 5.92 Å². The van der Waals surface area contributed by atoms with Crippen molar-refractivity contribution in [3.63, 3.8) is 0 Å². The fraction of sp³-hybridized carbons (Fsp3) is 0.875. The van der Waals surface area contributed by atoms with Crippen LogP contribution in [0.1, 0.15) is 25.7 Å². The van der Waals surface area contributed by atoms with E-state index in [2.05, 4.69) is 0 Å². The summed E-state index contributed by atoms with van der Waals surface area (Å²) in [5.41, 5.74) is 0. The van der Waals surface area contributed by atoms with Crippen LogP contribution in [0.3, 0.4) is 0 Å². The molecule has 2 aliphatic carbocycles. The van der Waals surface area contributed by atoms with Crippen molar-refractivity contribution >= 4 is 5.97 Å². The first-order valence-corrected chi connectivity index (χ1v) is 4.02. The van der Waals surface area contributed by atoms with Crippen LogP contribution < -0.4 is 0 Å². The lowest BCUT2D eigenvalue weighted by molar-refractivity contribution is -0.139. The Labute approximate surface area is 60.2 Å². The molecule has 0 aromatic rings. The molecule has 56 valence electrons. The SMILES string of the molecule is O=C(O)[C@@H]1C[C@H]1C1CCC1. The maximum absolute atomic E-state index is 10.4. The summed E-state index contributed by atoms with van der Waals surface area (Å²) < 4.78 is 0. The third-order valence-corrected chi connectivity index (χ3v) is 2.91. The van der Waals surface area contributed by atoms with Crippen molar-refractivity contribution in [1.82, 2.24) is 0 Å². The lowest BCUT2D eigenvalue weighted by atomic mass is 9.81. The van der Waals surface area contributed by atoms with Crippen LogP contribution in [0.4, 0.5) is 0 Å². The van der Waals surface area contributed by atoms with Crippen molar-refractivity contribution in [2.75, 3.05) is 0 Å². The Bertz CT molecular complexity index is 161. The molecule has 2 heteroatoms. The second-order valence-corrected chi connectivity index (χ2v) is 3.54. The van der Waals surface area contributed by atoms with Gasteiger partial charge in [-0.2, -0.15) is 0 Å². The van der Waals surface area contributed by atoms with Gasteiger partial charge in [-0.3, -0.25) is 4.79 Å². The second-order valence-electron chi connectivity index (χ2n) is 3.54. The maximum atomic E-state index is 10.4.